The molecule has 0 aliphatic carbocycles. The monoisotopic (exact) mass is 87.0 g/mol. The first kappa shape index (κ1) is 9.12. The average Bonchev–Trinajstić information content (AvgIpc) is 0.811. The predicted molar refractivity (Wildman–Crippen MR) is 22.8 cm³/mol. The summed E-state index contributed by atoms with van der Waals surface area (Å²) in [4.78, 5) is 0. The van der Waals surface area contributed by atoms with E-state index in [0.717, 1.165) is 0 Å². The Morgan fingerprint density at radius 2 is 1.40 bits per heavy atom. The first-order valence-corrected chi connectivity index (χ1v) is 2.04. The number of hydrogen-bond acceptors (Lipinski definition) is 2. The van der Waals surface area contributed by atoms with Gasteiger partial charge in [-0.1, -0.05) is 0 Å². The van der Waals surface area contributed by atoms with E-state index >= 15 is 0 Å². The summed E-state index contributed by atoms with van der Waals surface area (Å²) in [5.41, 5.74) is 0. The van der Waals surface area contributed by atoms with Crippen molar-refractivity contribution in [3.05, 3.63) is 6.26 Å². The first-order valence-electron chi connectivity index (χ1n) is 0.681. The molecule has 0 unspecified atom stereocenters. The molecule has 0 amide bonds. The topological polar surface area (TPSA) is 34.1 Å². The third-order valence-electron chi connectivity index (χ3n) is 0. The number of thiol groups is 1. The second kappa shape index (κ2) is 4.55. The van der Waals surface area contributed by atoms with Crippen LogP contribution in [-0.4, -0.2) is 27.3 Å². The van der Waals surface area contributed by atoms with E-state index in [1.165, 1.54) is 0 Å². The fourth-order valence-electron chi connectivity index (χ4n) is 0. The Hall–Kier alpha value is 0.547. The third kappa shape index (κ3) is 98.5. The summed E-state index contributed by atoms with van der Waals surface area (Å²) in [5, 5.41) is 0. The van der Waals surface area contributed by atoms with Crippen molar-refractivity contribution in [2.45, 2.75) is 0 Å². The molecular formula is CH4LiO2S. The van der Waals surface area contributed by atoms with Crippen LogP contribution < -0.4 is 0 Å². The van der Waals surface area contributed by atoms with E-state index in [9.17, 15) is 0 Å². The van der Waals surface area contributed by atoms with Crippen molar-refractivity contribution in [2.75, 3.05) is 0 Å². The Balaban J connectivity index is 0. The molecule has 0 saturated carbocycles. The van der Waals surface area contributed by atoms with Gasteiger partial charge in [-0.15, -0.1) is 0 Å². The van der Waals surface area contributed by atoms with Gasteiger partial charge in [-0.3, -0.25) is 0 Å². The van der Waals surface area contributed by atoms with E-state index in [1.807, 2.05) is 0 Å². The van der Waals surface area contributed by atoms with Gasteiger partial charge in [-0.05, 0) is 0 Å². The maximum atomic E-state index is 8.93. The van der Waals surface area contributed by atoms with Crippen LogP contribution in [0.15, 0.2) is 0 Å². The Morgan fingerprint density at radius 3 is 1.40 bits per heavy atom. The molecule has 0 aliphatic rings. The summed E-state index contributed by atoms with van der Waals surface area (Å²) in [5.74, 6) is 0. The molecule has 2 nitrogen and oxygen atoms in total. The average molecular weight is 87.0 g/mol. The zero-order valence-electron chi connectivity index (χ0n) is 1.97. The maximum absolute atomic E-state index is 8.93. The van der Waals surface area contributed by atoms with Gasteiger partial charge in [-0.25, -0.2) is 8.42 Å². The molecule has 0 aliphatic heterocycles. The van der Waals surface area contributed by atoms with Gasteiger partial charge in [0.25, 0.3) is 0 Å². The second-order valence-corrected chi connectivity index (χ2v) is 0.998. The van der Waals surface area contributed by atoms with Gasteiger partial charge in [0.15, 0.2) is 0 Å². The Labute approximate surface area is 44.7 Å². The van der Waals surface area contributed by atoms with Gasteiger partial charge in [0.2, 0.25) is 0 Å². The SMILES string of the molecule is [CH2][SH](=O)=O.[LiH]. The van der Waals surface area contributed by atoms with Crippen molar-refractivity contribution in [1.82, 2.24) is 0 Å². The molecule has 0 spiro atoms. The Kier molecular flexibility index (Phi) is 8.29. The molecule has 0 aromatic heterocycles. The molecule has 27 valence electrons. The van der Waals surface area contributed by atoms with Crippen LogP contribution >= 0.6 is 0 Å². The van der Waals surface area contributed by atoms with Crippen LogP contribution in [0.25, 0.3) is 0 Å². The van der Waals surface area contributed by atoms with Gasteiger partial charge in [-0.2, -0.15) is 0 Å². The molecular weight excluding hydrogens is 83.0 g/mol. The standard InChI is InChI=1S/CH3O2S.Li.H/c1-4(2)3;;/h4H,1H2;;. The van der Waals surface area contributed by atoms with Crippen LogP contribution in [0.4, 0.5) is 0 Å². The fraction of sp³-hybridized carbons (Fsp3) is 0. The van der Waals surface area contributed by atoms with Gasteiger partial charge < -0.3 is 0 Å². The zero-order valence-corrected chi connectivity index (χ0v) is 2.87. The summed E-state index contributed by atoms with van der Waals surface area (Å²) in [7, 11) is -2.37. The van der Waals surface area contributed by atoms with Gasteiger partial charge in [0, 0.05) is 0 Å². The predicted octanol–water partition coefficient (Wildman–Crippen LogP) is -1.26. The summed E-state index contributed by atoms with van der Waals surface area (Å²) < 4.78 is 17.9. The molecule has 0 saturated heterocycles. The first-order chi connectivity index (χ1) is 1.73. The molecule has 0 N–H and O–H groups in total. The zero-order chi connectivity index (χ0) is 3.58. The van der Waals surface area contributed by atoms with Gasteiger partial charge in [0.05, 0.1) is 6.26 Å². The van der Waals surface area contributed by atoms with Crippen LogP contribution in [0.1, 0.15) is 0 Å². The summed E-state index contributed by atoms with van der Waals surface area (Å²) in [6.07, 6.45) is 2.59. The molecule has 1 radical (unpaired) electrons. The van der Waals surface area contributed by atoms with E-state index in [-0.39, 0.29) is 18.9 Å². The van der Waals surface area contributed by atoms with Crippen LogP contribution in [0, 0.1) is 6.26 Å². The normalized spacial score (nSPS) is 6.80. The Bertz CT molecular complexity index is 58.0. The second-order valence-electron chi connectivity index (χ2n) is 0.333. The van der Waals surface area contributed by atoms with E-state index < -0.39 is 10.7 Å². The minimum absolute atomic E-state index is 0. The molecule has 0 atom stereocenters. The van der Waals surface area contributed by atoms with Crippen LogP contribution in [0.2, 0.25) is 0 Å². The van der Waals surface area contributed by atoms with Crippen molar-refractivity contribution in [3.8, 4) is 0 Å². The molecule has 0 bridgehead atoms. The molecule has 0 fully saturated rings. The summed E-state index contributed by atoms with van der Waals surface area (Å²) >= 11 is 0. The molecule has 4 heteroatoms. The summed E-state index contributed by atoms with van der Waals surface area (Å²) in [6, 6.07) is 0. The van der Waals surface area contributed by atoms with E-state index in [4.69, 9.17) is 8.42 Å². The van der Waals surface area contributed by atoms with Crippen LogP contribution in [0.5, 0.6) is 0 Å². The quantitative estimate of drug-likeness (QED) is 0.295. The van der Waals surface area contributed by atoms with E-state index in [0.29, 0.717) is 0 Å². The summed E-state index contributed by atoms with van der Waals surface area (Å²) in [6.45, 7) is 0. The van der Waals surface area contributed by atoms with E-state index in [1.54, 1.807) is 0 Å². The van der Waals surface area contributed by atoms with Crippen LogP contribution in [0.3, 0.4) is 0 Å². The van der Waals surface area contributed by atoms with Crippen molar-refractivity contribution < 1.29 is 8.42 Å². The van der Waals surface area contributed by atoms with Crippen molar-refractivity contribution in [3.63, 3.8) is 0 Å². The third-order valence-corrected chi connectivity index (χ3v) is 0. The van der Waals surface area contributed by atoms with Crippen molar-refractivity contribution >= 4 is 29.6 Å². The van der Waals surface area contributed by atoms with Crippen molar-refractivity contribution in [2.24, 2.45) is 0 Å². The molecule has 0 aromatic rings. The molecule has 5 heavy (non-hydrogen) atoms. The van der Waals surface area contributed by atoms with Gasteiger partial charge in [0.1, 0.15) is 10.7 Å². The number of rotatable bonds is 0. The number of hydrogen-bond donors (Lipinski definition) is 1. The van der Waals surface area contributed by atoms with Gasteiger partial charge >= 0.3 is 18.9 Å². The van der Waals surface area contributed by atoms with Crippen LogP contribution in [-0.2, 0) is 10.7 Å². The molecule has 0 heterocycles. The minimum atomic E-state index is -2.37. The Morgan fingerprint density at radius 1 is 1.40 bits per heavy atom. The fourth-order valence-corrected chi connectivity index (χ4v) is 0. The van der Waals surface area contributed by atoms with Crippen molar-refractivity contribution in [1.29, 1.82) is 0 Å². The molecule has 0 rings (SSSR count). The molecule has 0 aromatic carbocycles. The van der Waals surface area contributed by atoms with E-state index in [2.05, 4.69) is 6.26 Å².